The van der Waals surface area contributed by atoms with Crippen LogP contribution in [0.1, 0.15) is 89.0 Å². The van der Waals surface area contributed by atoms with Crippen molar-refractivity contribution in [3.63, 3.8) is 0 Å². The van der Waals surface area contributed by atoms with E-state index in [9.17, 15) is 4.39 Å². The number of hydrogen-bond donors (Lipinski definition) is 0. The Balaban J connectivity index is 1.73. The third kappa shape index (κ3) is 5.01. The fourth-order valence-electron chi connectivity index (χ4n) is 5.04. The van der Waals surface area contributed by atoms with E-state index in [1.54, 1.807) is 12.1 Å². The van der Waals surface area contributed by atoms with Crippen molar-refractivity contribution >= 4 is 11.6 Å². The SMILES string of the molecule is Fc1ccc(C2(COC3(CCCCCl)CCCCC3)CCCCC2)cc1. The topological polar surface area (TPSA) is 9.23 Å². The number of halogens is 2. The summed E-state index contributed by atoms with van der Waals surface area (Å²) >= 11 is 5.91. The van der Waals surface area contributed by atoms with Gasteiger partial charge in [0.05, 0.1) is 12.2 Å². The number of hydrogen-bond acceptors (Lipinski definition) is 1. The zero-order valence-corrected chi connectivity index (χ0v) is 16.8. The van der Waals surface area contributed by atoms with Gasteiger partial charge in [-0.05, 0) is 62.6 Å². The summed E-state index contributed by atoms with van der Waals surface area (Å²) in [5.74, 6) is 0.598. The maximum atomic E-state index is 13.4. The fourth-order valence-corrected chi connectivity index (χ4v) is 5.23. The normalized spacial score (nSPS) is 22.2. The highest BCUT2D eigenvalue weighted by Crippen LogP contribution is 2.43. The summed E-state index contributed by atoms with van der Waals surface area (Å²) in [5, 5.41) is 0. The molecule has 2 saturated carbocycles. The minimum Gasteiger partial charge on any atom is -0.374 e. The summed E-state index contributed by atoms with van der Waals surface area (Å²) in [5.41, 5.74) is 1.39. The summed E-state index contributed by atoms with van der Waals surface area (Å²) in [6.07, 6.45) is 15.8. The fraction of sp³-hybridized carbons (Fsp3) is 0.739. The van der Waals surface area contributed by atoms with Gasteiger partial charge < -0.3 is 4.74 Å². The first-order valence-electron chi connectivity index (χ1n) is 10.6. The molecule has 3 heteroatoms. The number of ether oxygens (including phenoxy) is 1. The highest BCUT2D eigenvalue weighted by atomic mass is 35.5. The Morgan fingerprint density at radius 3 is 2.08 bits per heavy atom. The molecule has 0 aromatic heterocycles. The van der Waals surface area contributed by atoms with E-state index in [1.807, 2.05) is 12.1 Å². The summed E-state index contributed by atoms with van der Waals surface area (Å²) in [6, 6.07) is 7.21. The van der Waals surface area contributed by atoms with Crippen LogP contribution in [0, 0.1) is 5.82 Å². The molecule has 2 aliphatic rings. The Bertz CT molecular complexity index is 530. The molecule has 0 heterocycles. The molecule has 0 aliphatic heterocycles. The van der Waals surface area contributed by atoms with Crippen molar-refractivity contribution in [2.45, 2.75) is 94.5 Å². The number of benzene rings is 1. The van der Waals surface area contributed by atoms with Crippen LogP contribution in [0.2, 0.25) is 0 Å². The third-order valence-corrected chi connectivity index (χ3v) is 6.97. The minimum absolute atomic E-state index is 0.0504. The molecule has 0 saturated heterocycles. The highest BCUT2D eigenvalue weighted by molar-refractivity contribution is 6.17. The van der Waals surface area contributed by atoms with E-state index in [0.717, 1.165) is 44.6 Å². The van der Waals surface area contributed by atoms with Gasteiger partial charge in [-0.1, -0.05) is 50.7 Å². The summed E-state index contributed by atoms with van der Waals surface area (Å²) in [4.78, 5) is 0. The smallest absolute Gasteiger partial charge is 0.123 e. The highest BCUT2D eigenvalue weighted by Gasteiger charge is 2.39. The van der Waals surface area contributed by atoms with E-state index in [0.29, 0.717) is 0 Å². The molecule has 1 aromatic rings. The van der Waals surface area contributed by atoms with E-state index in [4.69, 9.17) is 16.3 Å². The summed E-state index contributed by atoms with van der Waals surface area (Å²) in [7, 11) is 0. The molecule has 26 heavy (non-hydrogen) atoms. The van der Waals surface area contributed by atoms with Crippen molar-refractivity contribution in [3.05, 3.63) is 35.6 Å². The first kappa shape index (κ1) is 20.1. The van der Waals surface area contributed by atoms with Crippen LogP contribution in [0.3, 0.4) is 0 Å². The average molecular weight is 381 g/mol. The zero-order chi connectivity index (χ0) is 18.3. The maximum Gasteiger partial charge on any atom is 0.123 e. The number of rotatable bonds is 8. The lowest BCUT2D eigenvalue weighted by atomic mass is 9.69. The van der Waals surface area contributed by atoms with Crippen molar-refractivity contribution in [3.8, 4) is 0 Å². The van der Waals surface area contributed by atoms with Gasteiger partial charge in [-0.2, -0.15) is 0 Å². The molecule has 1 aromatic carbocycles. The standard InChI is InChI=1S/C23H34ClFO/c24-18-8-7-17-23(15-5-2-6-16-23)26-19-22(13-3-1-4-14-22)20-9-11-21(25)12-10-20/h9-12H,1-8,13-19H2. The van der Waals surface area contributed by atoms with Gasteiger partial charge in [-0.3, -0.25) is 0 Å². The monoisotopic (exact) mass is 380 g/mol. The number of unbranched alkanes of at least 4 members (excludes halogenated alkanes) is 1. The minimum atomic E-state index is -0.148. The molecule has 3 rings (SSSR count). The van der Waals surface area contributed by atoms with E-state index in [-0.39, 0.29) is 16.8 Å². The first-order chi connectivity index (χ1) is 12.7. The lowest BCUT2D eigenvalue weighted by Crippen LogP contribution is -2.42. The quantitative estimate of drug-likeness (QED) is 0.343. The molecule has 0 atom stereocenters. The second-order valence-electron chi connectivity index (χ2n) is 8.53. The first-order valence-corrected chi connectivity index (χ1v) is 11.2. The Kier molecular flexibility index (Phi) is 7.40. The molecule has 0 radical (unpaired) electrons. The summed E-state index contributed by atoms with van der Waals surface area (Å²) < 4.78 is 20.3. The van der Waals surface area contributed by atoms with Gasteiger partial charge in [0, 0.05) is 11.3 Å². The van der Waals surface area contributed by atoms with Crippen molar-refractivity contribution < 1.29 is 9.13 Å². The second kappa shape index (κ2) is 9.55. The third-order valence-electron chi connectivity index (χ3n) is 6.70. The maximum absolute atomic E-state index is 13.4. The van der Waals surface area contributed by atoms with Crippen molar-refractivity contribution in [2.75, 3.05) is 12.5 Å². The van der Waals surface area contributed by atoms with Gasteiger partial charge >= 0.3 is 0 Å². The molecule has 1 nitrogen and oxygen atoms in total. The van der Waals surface area contributed by atoms with E-state index in [1.165, 1.54) is 56.9 Å². The van der Waals surface area contributed by atoms with Crippen LogP contribution in [0.4, 0.5) is 4.39 Å². The molecule has 0 unspecified atom stereocenters. The molecule has 146 valence electrons. The van der Waals surface area contributed by atoms with Gasteiger partial charge in [-0.15, -0.1) is 11.6 Å². The van der Waals surface area contributed by atoms with Crippen LogP contribution in [0.25, 0.3) is 0 Å². The van der Waals surface area contributed by atoms with Gasteiger partial charge in [-0.25, -0.2) is 4.39 Å². The second-order valence-corrected chi connectivity index (χ2v) is 8.90. The lowest BCUT2D eigenvalue weighted by Gasteiger charge is -2.44. The Morgan fingerprint density at radius 1 is 0.846 bits per heavy atom. The molecule has 0 spiro atoms. The van der Waals surface area contributed by atoms with Gasteiger partial charge in [0.25, 0.3) is 0 Å². The predicted molar refractivity (Wildman–Crippen MR) is 108 cm³/mol. The van der Waals surface area contributed by atoms with E-state index < -0.39 is 0 Å². The molecular formula is C23H34ClFO. The van der Waals surface area contributed by atoms with Crippen molar-refractivity contribution in [1.82, 2.24) is 0 Å². The molecule has 0 bridgehead atoms. The van der Waals surface area contributed by atoms with Gasteiger partial charge in [0.15, 0.2) is 0 Å². The predicted octanol–water partition coefficient (Wildman–Crippen LogP) is 7.16. The van der Waals surface area contributed by atoms with Crippen LogP contribution in [0.15, 0.2) is 24.3 Å². The molecule has 2 fully saturated rings. The summed E-state index contributed by atoms with van der Waals surface area (Å²) in [6.45, 7) is 0.791. The molecule has 0 N–H and O–H groups in total. The number of alkyl halides is 1. The average Bonchev–Trinajstić information content (AvgIpc) is 2.69. The van der Waals surface area contributed by atoms with E-state index in [2.05, 4.69) is 0 Å². The van der Waals surface area contributed by atoms with Crippen LogP contribution >= 0.6 is 11.6 Å². The Morgan fingerprint density at radius 2 is 1.46 bits per heavy atom. The largest absolute Gasteiger partial charge is 0.374 e. The lowest BCUT2D eigenvalue weighted by molar-refractivity contribution is -0.0997. The van der Waals surface area contributed by atoms with Crippen molar-refractivity contribution in [2.24, 2.45) is 0 Å². The van der Waals surface area contributed by atoms with Crippen LogP contribution in [0.5, 0.6) is 0 Å². The van der Waals surface area contributed by atoms with Gasteiger partial charge in [0.2, 0.25) is 0 Å². The Hall–Kier alpha value is -0.600. The van der Waals surface area contributed by atoms with Gasteiger partial charge in [0.1, 0.15) is 5.82 Å². The van der Waals surface area contributed by atoms with Crippen LogP contribution in [-0.4, -0.2) is 18.1 Å². The van der Waals surface area contributed by atoms with Crippen LogP contribution in [-0.2, 0) is 10.2 Å². The zero-order valence-electron chi connectivity index (χ0n) is 16.1. The van der Waals surface area contributed by atoms with Crippen LogP contribution < -0.4 is 0 Å². The molecule has 0 amide bonds. The molecular weight excluding hydrogens is 347 g/mol. The van der Waals surface area contributed by atoms with Crippen molar-refractivity contribution in [1.29, 1.82) is 0 Å². The Labute approximate surface area is 163 Å². The molecule has 2 aliphatic carbocycles. The van der Waals surface area contributed by atoms with E-state index >= 15 is 0 Å².